The second kappa shape index (κ2) is 6.08. The van der Waals surface area contributed by atoms with Crippen molar-refractivity contribution in [3.63, 3.8) is 0 Å². The first kappa shape index (κ1) is 12.5. The summed E-state index contributed by atoms with van der Waals surface area (Å²) < 4.78 is 4.53. The van der Waals surface area contributed by atoms with Gasteiger partial charge in [-0.2, -0.15) is 0 Å². The van der Waals surface area contributed by atoms with Crippen molar-refractivity contribution in [3.8, 4) is 0 Å². The number of hydrogen-bond acceptors (Lipinski definition) is 3. The summed E-state index contributed by atoms with van der Waals surface area (Å²) in [7, 11) is 1.37. The molecule has 0 aliphatic carbocycles. The molecule has 0 fully saturated rings. The molecule has 0 atom stereocenters. The Morgan fingerprint density at radius 2 is 2.25 bits per heavy atom. The fourth-order valence-electron chi connectivity index (χ4n) is 1.42. The van der Waals surface area contributed by atoms with E-state index in [0.717, 1.165) is 16.7 Å². The first-order valence-electron chi connectivity index (χ1n) is 5.11. The summed E-state index contributed by atoms with van der Waals surface area (Å²) in [4.78, 5) is 10.9. The van der Waals surface area contributed by atoms with Gasteiger partial charge in [-0.15, -0.1) is 0 Å². The Hall–Kier alpha value is -1.61. The van der Waals surface area contributed by atoms with E-state index in [1.165, 1.54) is 7.11 Å². The van der Waals surface area contributed by atoms with E-state index in [1.807, 2.05) is 31.2 Å². The smallest absolute Gasteiger partial charge is 0.309 e. The average molecular weight is 220 g/mol. The highest BCUT2D eigenvalue weighted by molar-refractivity contribution is 5.72. The number of carbonyl (C=O) groups is 1. The Labute approximate surface area is 95.4 Å². The van der Waals surface area contributed by atoms with Crippen LogP contribution in [0, 0.1) is 6.92 Å². The fraction of sp³-hybridized carbons (Fsp3) is 0.308. The SMILES string of the molecule is COC(=O)CC=Cc1cccc(CO)c1C. The van der Waals surface area contributed by atoms with Gasteiger partial charge in [0.2, 0.25) is 0 Å². The summed E-state index contributed by atoms with van der Waals surface area (Å²) in [5.41, 5.74) is 2.95. The van der Waals surface area contributed by atoms with Gasteiger partial charge in [-0.1, -0.05) is 30.4 Å². The number of aliphatic hydroxyl groups is 1. The van der Waals surface area contributed by atoms with E-state index < -0.39 is 0 Å². The highest BCUT2D eigenvalue weighted by Gasteiger charge is 2.00. The molecule has 0 amide bonds. The van der Waals surface area contributed by atoms with E-state index >= 15 is 0 Å². The zero-order chi connectivity index (χ0) is 12.0. The molecule has 0 aromatic heterocycles. The molecule has 0 aliphatic heterocycles. The molecule has 1 N–H and O–H groups in total. The summed E-state index contributed by atoms with van der Waals surface area (Å²) >= 11 is 0. The average Bonchev–Trinajstić information content (AvgIpc) is 2.31. The minimum Gasteiger partial charge on any atom is -0.469 e. The third-order valence-electron chi connectivity index (χ3n) is 2.47. The molecule has 1 aromatic rings. The van der Waals surface area contributed by atoms with Crippen molar-refractivity contribution >= 4 is 12.0 Å². The molecule has 0 spiro atoms. The summed E-state index contributed by atoms with van der Waals surface area (Å²) in [5.74, 6) is -0.257. The lowest BCUT2D eigenvalue weighted by molar-refractivity contribution is -0.139. The number of ether oxygens (including phenoxy) is 1. The molecule has 0 bridgehead atoms. The highest BCUT2D eigenvalue weighted by Crippen LogP contribution is 2.15. The van der Waals surface area contributed by atoms with Gasteiger partial charge in [-0.3, -0.25) is 4.79 Å². The van der Waals surface area contributed by atoms with Crippen LogP contribution in [0.3, 0.4) is 0 Å². The molecule has 3 nitrogen and oxygen atoms in total. The minimum atomic E-state index is -0.257. The van der Waals surface area contributed by atoms with Crippen LogP contribution < -0.4 is 0 Å². The van der Waals surface area contributed by atoms with Crippen LogP contribution in [0.4, 0.5) is 0 Å². The van der Waals surface area contributed by atoms with Crippen molar-refractivity contribution in [2.24, 2.45) is 0 Å². The van der Waals surface area contributed by atoms with E-state index in [-0.39, 0.29) is 19.0 Å². The van der Waals surface area contributed by atoms with Gasteiger partial charge < -0.3 is 9.84 Å². The van der Waals surface area contributed by atoms with Gasteiger partial charge in [0.1, 0.15) is 0 Å². The maximum absolute atomic E-state index is 10.9. The van der Waals surface area contributed by atoms with Crippen molar-refractivity contribution in [2.75, 3.05) is 7.11 Å². The molecule has 0 heterocycles. The van der Waals surface area contributed by atoms with Gasteiger partial charge in [0, 0.05) is 0 Å². The number of methoxy groups -OCH3 is 1. The molecule has 1 rings (SSSR count). The van der Waals surface area contributed by atoms with Crippen molar-refractivity contribution in [3.05, 3.63) is 41.0 Å². The van der Waals surface area contributed by atoms with Crippen molar-refractivity contribution in [2.45, 2.75) is 20.0 Å². The Morgan fingerprint density at radius 1 is 1.50 bits per heavy atom. The van der Waals surface area contributed by atoms with Crippen LogP contribution in [-0.4, -0.2) is 18.2 Å². The molecule has 16 heavy (non-hydrogen) atoms. The molecule has 0 radical (unpaired) electrons. The van der Waals surface area contributed by atoms with Crippen LogP contribution in [0.25, 0.3) is 6.08 Å². The number of carbonyl (C=O) groups excluding carboxylic acids is 1. The van der Waals surface area contributed by atoms with Gasteiger partial charge in [-0.05, 0) is 23.6 Å². The van der Waals surface area contributed by atoms with Crippen LogP contribution in [0.2, 0.25) is 0 Å². The number of aliphatic hydroxyl groups excluding tert-OH is 1. The topological polar surface area (TPSA) is 46.5 Å². The predicted octanol–water partition coefficient (Wildman–Crippen LogP) is 2.06. The van der Waals surface area contributed by atoms with Crippen molar-refractivity contribution < 1.29 is 14.6 Å². The quantitative estimate of drug-likeness (QED) is 0.790. The number of rotatable bonds is 4. The largest absolute Gasteiger partial charge is 0.469 e. The third kappa shape index (κ3) is 3.21. The maximum atomic E-state index is 10.9. The Morgan fingerprint density at radius 3 is 2.88 bits per heavy atom. The molecule has 0 aliphatic rings. The second-order valence-corrected chi connectivity index (χ2v) is 3.47. The van der Waals surface area contributed by atoms with E-state index in [0.29, 0.717) is 0 Å². The zero-order valence-electron chi connectivity index (χ0n) is 9.56. The standard InChI is InChI=1S/C13H16O3/c1-10-11(5-3-7-12(10)9-14)6-4-8-13(15)16-2/h3-7,14H,8-9H2,1-2H3. The van der Waals surface area contributed by atoms with Gasteiger partial charge in [-0.25, -0.2) is 0 Å². The Bertz CT molecular complexity index is 394. The van der Waals surface area contributed by atoms with Crippen LogP contribution in [0.5, 0.6) is 0 Å². The Balaban J connectivity index is 2.77. The first-order chi connectivity index (χ1) is 7.69. The van der Waals surface area contributed by atoms with Gasteiger partial charge >= 0.3 is 5.97 Å². The second-order valence-electron chi connectivity index (χ2n) is 3.47. The summed E-state index contributed by atoms with van der Waals surface area (Å²) in [5, 5.41) is 9.10. The minimum absolute atomic E-state index is 0.0323. The third-order valence-corrected chi connectivity index (χ3v) is 2.47. The summed E-state index contributed by atoms with van der Waals surface area (Å²) in [6.07, 6.45) is 3.89. The van der Waals surface area contributed by atoms with Gasteiger partial charge in [0.25, 0.3) is 0 Å². The molecular formula is C13H16O3. The molecule has 0 unspecified atom stereocenters. The van der Waals surface area contributed by atoms with Crippen molar-refractivity contribution in [1.29, 1.82) is 0 Å². The first-order valence-corrected chi connectivity index (χ1v) is 5.11. The lowest BCUT2D eigenvalue weighted by atomic mass is 10.0. The fourth-order valence-corrected chi connectivity index (χ4v) is 1.42. The van der Waals surface area contributed by atoms with Crippen molar-refractivity contribution in [1.82, 2.24) is 0 Å². The summed E-state index contributed by atoms with van der Waals surface area (Å²) in [6, 6.07) is 5.71. The molecular weight excluding hydrogens is 204 g/mol. The van der Waals surface area contributed by atoms with E-state index in [2.05, 4.69) is 4.74 Å². The highest BCUT2D eigenvalue weighted by atomic mass is 16.5. The Kier molecular flexibility index (Phi) is 4.73. The molecule has 1 aromatic carbocycles. The zero-order valence-corrected chi connectivity index (χ0v) is 9.56. The van der Waals surface area contributed by atoms with Crippen LogP contribution in [0.1, 0.15) is 23.1 Å². The van der Waals surface area contributed by atoms with E-state index in [9.17, 15) is 4.79 Å². The maximum Gasteiger partial charge on any atom is 0.309 e. The number of esters is 1. The van der Waals surface area contributed by atoms with Crippen LogP contribution in [-0.2, 0) is 16.1 Å². The molecule has 3 heteroatoms. The van der Waals surface area contributed by atoms with Gasteiger partial charge in [0.15, 0.2) is 0 Å². The van der Waals surface area contributed by atoms with Crippen LogP contribution in [0.15, 0.2) is 24.3 Å². The van der Waals surface area contributed by atoms with E-state index in [4.69, 9.17) is 5.11 Å². The number of benzene rings is 1. The molecule has 0 saturated carbocycles. The lowest BCUT2D eigenvalue weighted by Crippen LogP contribution is -1.97. The van der Waals surface area contributed by atoms with Crippen LogP contribution >= 0.6 is 0 Å². The van der Waals surface area contributed by atoms with Gasteiger partial charge in [0.05, 0.1) is 20.1 Å². The lowest BCUT2D eigenvalue weighted by Gasteiger charge is -2.05. The normalized spacial score (nSPS) is 10.7. The molecule has 0 saturated heterocycles. The molecule has 86 valence electrons. The van der Waals surface area contributed by atoms with E-state index in [1.54, 1.807) is 6.08 Å². The summed E-state index contributed by atoms with van der Waals surface area (Å²) in [6.45, 7) is 1.98. The monoisotopic (exact) mass is 220 g/mol. The number of hydrogen-bond donors (Lipinski definition) is 1. The predicted molar refractivity (Wildman–Crippen MR) is 62.8 cm³/mol.